The molecule has 3 heterocycles. The van der Waals surface area contributed by atoms with Crippen LogP contribution in [0.1, 0.15) is 5.56 Å². The highest BCUT2D eigenvalue weighted by atomic mass is 19.1. The third-order valence-corrected chi connectivity index (χ3v) is 5.82. The van der Waals surface area contributed by atoms with Crippen LogP contribution in [0.15, 0.2) is 71.8 Å². The molecule has 7 heteroatoms. The topological polar surface area (TPSA) is 50.6 Å². The lowest BCUT2D eigenvalue weighted by molar-refractivity contribution is -0.489. The maximum absolute atomic E-state index is 14.0. The molecule has 5 rings (SSSR count). The molecule has 2 aromatic rings. The number of benzene rings is 2. The Bertz CT molecular complexity index is 1110. The normalized spacial score (nSPS) is 24.7. The van der Waals surface area contributed by atoms with Crippen molar-refractivity contribution in [1.82, 2.24) is 5.32 Å². The molecule has 1 spiro atoms. The van der Waals surface area contributed by atoms with Crippen LogP contribution < -0.4 is 5.32 Å². The van der Waals surface area contributed by atoms with Crippen molar-refractivity contribution in [3.05, 3.63) is 89.0 Å². The number of carbonyl (C=O) groups is 1. The second-order valence-corrected chi connectivity index (χ2v) is 7.87. The number of hydrogen-bond acceptors (Lipinski definition) is 3. The predicted octanol–water partition coefficient (Wildman–Crippen LogP) is 3.32. The lowest BCUT2D eigenvalue weighted by atomic mass is 9.82. The molecule has 1 amide bonds. The molecule has 3 unspecified atom stereocenters. The van der Waals surface area contributed by atoms with Crippen LogP contribution in [-0.2, 0) is 20.7 Å². The van der Waals surface area contributed by atoms with E-state index in [1.807, 2.05) is 47.1 Å². The van der Waals surface area contributed by atoms with Crippen molar-refractivity contribution < 1.29 is 27.6 Å². The van der Waals surface area contributed by atoms with Gasteiger partial charge in [-0.15, -0.1) is 0 Å². The van der Waals surface area contributed by atoms with Gasteiger partial charge in [-0.05, 0) is 11.6 Å². The number of carbonyl (C=O) groups excluding carboxylic acids is 1. The monoisotopic (exact) mass is 439 g/mol. The van der Waals surface area contributed by atoms with E-state index in [0.29, 0.717) is 17.7 Å². The van der Waals surface area contributed by atoms with Gasteiger partial charge in [-0.25, -0.2) is 8.78 Å². The van der Waals surface area contributed by atoms with E-state index in [1.54, 1.807) is 27.5 Å². The molecule has 0 saturated carbocycles. The highest BCUT2D eigenvalue weighted by Crippen LogP contribution is 2.50. The van der Waals surface area contributed by atoms with Crippen molar-refractivity contribution in [2.75, 3.05) is 21.3 Å². The van der Waals surface area contributed by atoms with Crippen molar-refractivity contribution in [2.45, 2.75) is 24.2 Å². The van der Waals surface area contributed by atoms with E-state index in [1.165, 1.54) is 12.1 Å². The number of halogens is 2. The molecular weight excluding hydrogens is 414 g/mol. The van der Waals surface area contributed by atoms with E-state index in [-0.39, 0.29) is 11.9 Å². The van der Waals surface area contributed by atoms with Crippen LogP contribution >= 0.6 is 0 Å². The van der Waals surface area contributed by atoms with Gasteiger partial charge in [0.05, 0.1) is 11.1 Å². The maximum Gasteiger partial charge on any atom is 0.250 e. The largest absolute Gasteiger partial charge is 0.388 e. The van der Waals surface area contributed by atoms with Gasteiger partial charge in [0.25, 0.3) is 5.91 Å². The zero-order valence-electron chi connectivity index (χ0n) is 18.1. The number of hydrogen-bond donors (Lipinski definition) is 1. The van der Waals surface area contributed by atoms with E-state index >= 15 is 0 Å². The van der Waals surface area contributed by atoms with Gasteiger partial charge >= 0.3 is 0 Å². The Balaban J connectivity index is 0.000000775. The molecule has 166 valence electrons. The highest BCUT2D eigenvalue weighted by molar-refractivity contribution is 6.04. The van der Waals surface area contributed by atoms with E-state index in [4.69, 9.17) is 4.74 Å². The smallest absolute Gasteiger partial charge is 0.250 e. The van der Waals surface area contributed by atoms with Crippen molar-refractivity contribution in [3.8, 4) is 0 Å². The molecule has 2 aromatic carbocycles. The number of nitrogens with zero attached hydrogens (tertiary/aromatic N) is 1. The summed E-state index contributed by atoms with van der Waals surface area (Å²) in [7, 11) is 4.83. The van der Waals surface area contributed by atoms with Gasteiger partial charge in [0.1, 0.15) is 17.7 Å². The maximum atomic E-state index is 14.0. The lowest BCUT2D eigenvalue weighted by Crippen LogP contribution is -2.43. The summed E-state index contributed by atoms with van der Waals surface area (Å²) >= 11 is 0. The van der Waals surface area contributed by atoms with E-state index in [0.717, 1.165) is 17.2 Å². The van der Waals surface area contributed by atoms with Gasteiger partial charge in [-0.3, -0.25) is 4.79 Å². The van der Waals surface area contributed by atoms with Crippen LogP contribution in [0.25, 0.3) is 0 Å². The Hall–Kier alpha value is -3.16. The minimum Gasteiger partial charge on any atom is -0.388 e. The van der Waals surface area contributed by atoms with Gasteiger partial charge in [0.15, 0.2) is 17.9 Å². The fourth-order valence-electron chi connectivity index (χ4n) is 4.58. The second-order valence-electron chi connectivity index (χ2n) is 7.87. The number of methoxy groups -OCH3 is 1. The number of rotatable bonds is 4. The Labute approximate surface area is 185 Å². The molecule has 0 fully saturated rings. The number of fused-ring (bicyclic) bond motifs is 1. The van der Waals surface area contributed by atoms with Crippen molar-refractivity contribution >= 4 is 17.8 Å². The van der Waals surface area contributed by atoms with E-state index in [9.17, 15) is 13.6 Å². The Kier molecular flexibility index (Phi) is 6.04. The Morgan fingerprint density at radius 2 is 1.81 bits per heavy atom. The average molecular weight is 439 g/mol. The zero-order chi connectivity index (χ0) is 22.9. The molecule has 3 aliphatic rings. The summed E-state index contributed by atoms with van der Waals surface area (Å²) in [5, 5.41) is 2.67. The Morgan fingerprint density at radius 1 is 1.16 bits per heavy atom. The first-order valence-corrected chi connectivity index (χ1v) is 10.3. The molecule has 0 aliphatic carbocycles. The van der Waals surface area contributed by atoms with E-state index in [2.05, 4.69) is 10.1 Å². The van der Waals surface area contributed by atoms with Gasteiger partial charge in [0.2, 0.25) is 5.69 Å². The number of ether oxygens (including phenoxy) is 2. The first-order chi connectivity index (χ1) is 15.4. The molecular formula is C25H25F2N2O3+. The standard InChI is InChI=1S/C23H18F2N2O2.C2H6O/c1-26-22(28)21-18-13-27(17-11-15(24)10-16(25)12-17)20(9-14-5-3-2-4-6-14)23(18)8-7-19(21)29-23;1-3-2/h2-8,10-13,19-20H,9H2,1H3;1-2H3/p+1. The first-order valence-electron chi connectivity index (χ1n) is 10.3. The predicted molar refractivity (Wildman–Crippen MR) is 117 cm³/mol. The average Bonchev–Trinajstić information content (AvgIpc) is 3.42. The number of nitrogens with one attached hydrogen (secondary N) is 1. The third kappa shape index (κ3) is 3.67. The first kappa shape index (κ1) is 22.0. The number of amides is 1. The summed E-state index contributed by atoms with van der Waals surface area (Å²) in [6, 6.07) is 13.0. The second kappa shape index (κ2) is 8.76. The molecule has 0 saturated heterocycles. The summed E-state index contributed by atoms with van der Waals surface area (Å²) in [6.07, 6.45) is 5.83. The molecule has 5 nitrogen and oxygen atoms in total. The summed E-state index contributed by atoms with van der Waals surface area (Å²) in [6.45, 7) is 0. The molecule has 0 aromatic heterocycles. The lowest BCUT2D eigenvalue weighted by Gasteiger charge is -2.25. The fourth-order valence-corrected chi connectivity index (χ4v) is 4.58. The summed E-state index contributed by atoms with van der Waals surface area (Å²) in [5.74, 6) is -1.51. The molecule has 3 atom stereocenters. The third-order valence-electron chi connectivity index (χ3n) is 5.82. The van der Waals surface area contributed by atoms with Gasteiger partial charge in [-0.2, -0.15) is 4.58 Å². The molecule has 0 radical (unpaired) electrons. The summed E-state index contributed by atoms with van der Waals surface area (Å²) in [5.41, 5.74) is 1.92. The van der Waals surface area contributed by atoms with Gasteiger partial charge < -0.3 is 14.8 Å². The van der Waals surface area contributed by atoms with Crippen molar-refractivity contribution in [3.63, 3.8) is 0 Å². The van der Waals surface area contributed by atoms with Crippen molar-refractivity contribution in [2.24, 2.45) is 0 Å². The number of likely N-dealkylation sites (N-methyl/N-ethyl adjacent to an activating group) is 1. The zero-order valence-corrected chi connectivity index (χ0v) is 18.1. The van der Waals surface area contributed by atoms with Gasteiger partial charge in [-0.1, -0.05) is 36.4 Å². The van der Waals surface area contributed by atoms with Crippen LogP contribution in [0.2, 0.25) is 0 Å². The highest BCUT2D eigenvalue weighted by Gasteiger charge is 2.63. The van der Waals surface area contributed by atoms with Crippen LogP contribution in [0, 0.1) is 11.6 Å². The fraction of sp³-hybridized carbons (Fsp3) is 0.280. The Morgan fingerprint density at radius 3 is 2.44 bits per heavy atom. The van der Waals surface area contributed by atoms with Crippen molar-refractivity contribution in [1.29, 1.82) is 0 Å². The molecule has 3 aliphatic heterocycles. The molecule has 32 heavy (non-hydrogen) atoms. The van der Waals surface area contributed by atoms with Crippen LogP contribution in [0.4, 0.5) is 14.5 Å². The molecule has 2 bridgehead atoms. The van der Waals surface area contributed by atoms with Crippen LogP contribution in [0.5, 0.6) is 0 Å². The summed E-state index contributed by atoms with van der Waals surface area (Å²) in [4.78, 5) is 12.5. The van der Waals surface area contributed by atoms with E-state index < -0.39 is 23.3 Å². The minimum atomic E-state index is -0.828. The SMILES string of the molecule is CNC(=O)C1=C2C=[N+](c3cc(F)cc(F)c3)C(Cc3ccccc3)C23C=CC1O3.COC. The van der Waals surface area contributed by atoms with Crippen LogP contribution in [-0.4, -0.2) is 55.7 Å². The molecule has 1 N–H and O–H groups in total. The quantitative estimate of drug-likeness (QED) is 0.588. The summed E-state index contributed by atoms with van der Waals surface area (Å²) < 4.78 is 40.3. The minimum absolute atomic E-state index is 0.210. The van der Waals surface area contributed by atoms with Crippen LogP contribution in [0.3, 0.4) is 0 Å². The van der Waals surface area contributed by atoms with Gasteiger partial charge in [0, 0.05) is 45.9 Å².